The summed E-state index contributed by atoms with van der Waals surface area (Å²) in [5.74, 6) is -0.698. The van der Waals surface area contributed by atoms with Gasteiger partial charge in [0.25, 0.3) is 11.7 Å². The maximum absolute atomic E-state index is 13.3. The Bertz CT molecular complexity index is 1100. The SMILES string of the molecule is CCCCOc1ccc(C(O)=C2C(=O)C(=O)N(CCCN3CCOCC3)[C@H]2c2ccncc2)c(C)c1. The van der Waals surface area contributed by atoms with Gasteiger partial charge in [0.2, 0.25) is 0 Å². The highest BCUT2D eigenvalue weighted by Crippen LogP contribution is 2.40. The van der Waals surface area contributed by atoms with Crippen molar-refractivity contribution in [3.63, 3.8) is 0 Å². The van der Waals surface area contributed by atoms with Crippen molar-refractivity contribution in [2.24, 2.45) is 0 Å². The minimum Gasteiger partial charge on any atom is -0.507 e. The number of ketones is 1. The first-order chi connectivity index (χ1) is 17.5. The summed E-state index contributed by atoms with van der Waals surface area (Å²) in [5, 5.41) is 11.4. The van der Waals surface area contributed by atoms with Crippen molar-refractivity contribution in [3.8, 4) is 5.75 Å². The number of aliphatic hydroxyl groups is 1. The Morgan fingerprint density at radius 2 is 1.86 bits per heavy atom. The molecule has 2 fully saturated rings. The molecule has 2 aromatic rings. The number of aryl methyl sites for hydroxylation is 1. The molecular weight excluding hydrogens is 458 g/mol. The average molecular weight is 494 g/mol. The second kappa shape index (κ2) is 12.1. The van der Waals surface area contributed by atoms with Crippen LogP contribution in [-0.2, 0) is 14.3 Å². The number of morpholine rings is 1. The van der Waals surface area contributed by atoms with Gasteiger partial charge in [-0.3, -0.25) is 19.5 Å². The first kappa shape index (κ1) is 25.9. The van der Waals surface area contributed by atoms with Crippen LogP contribution >= 0.6 is 0 Å². The number of benzene rings is 1. The Balaban J connectivity index is 1.62. The lowest BCUT2D eigenvalue weighted by molar-refractivity contribution is -0.140. The Morgan fingerprint density at radius 1 is 1.11 bits per heavy atom. The van der Waals surface area contributed by atoms with Gasteiger partial charge in [0.05, 0.1) is 31.4 Å². The van der Waals surface area contributed by atoms with E-state index >= 15 is 0 Å². The summed E-state index contributed by atoms with van der Waals surface area (Å²) in [6, 6.07) is 8.30. The summed E-state index contributed by atoms with van der Waals surface area (Å²) >= 11 is 0. The van der Waals surface area contributed by atoms with Crippen LogP contribution in [0.25, 0.3) is 5.76 Å². The summed E-state index contributed by atoms with van der Waals surface area (Å²) < 4.78 is 11.2. The molecule has 0 aliphatic carbocycles. The zero-order valence-corrected chi connectivity index (χ0v) is 21.1. The molecule has 1 amide bonds. The monoisotopic (exact) mass is 493 g/mol. The number of amides is 1. The lowest BCUT2D eigenvalue weighted by Crippen LogP contribution is -2.38. The molecule has 1 N–H and O–H groups in total. The number of Topliss-reactive ketones (excluding diaryl/α,β-unsaturated/α-hetero) is 1. The van der Waals surface area contributed by atoms with E-state index in [9.17, 15) is 14.7 Å². The van der Waals surface area contributed by atoms with E-state index in [0.717, 1.165) is 50.0 Å². The quantitative estimate of drug-likeness (QED) is 0.233. The van der Waals surface area contributed by atoms with E-state index in [1.807, 2.05) is 13.0 Å². The molecule has 36 heavy (non-hydrogen) atoms. The number of hydrogen-bond acceptors (Lipinski definition) is 7. The fourth-order valence-corrected chi connectivity index (χ4v) is 4.76. The number of pyridine rings is 1. The van der Waals surface area contributed by atoms with Gasteiger partial charge in [0.15, 0.2) is 0 Å². The fraction of sp³-hybridized carbons (Fsp3) is 0.464. The largest absolute Gasteiger partial charge is 0.507 e. The molecule has 0 bridgehead atoms. The zero-order chi connectivity index (χ0) is 25.5. The van der Waals surface area contributed by atoms with Crippen LogP contribution in [0, 0.1) is 6.92 Å². The number of carbonyl (C=O) groups excluding carboxylic acids is 2. The highest BCUT2D eigenvalue weighted by atomic mass is 16.5. The fourth-order valence-electron chi connectivity index (χ4n) is 4.76. The van der Waals surface area contributed by atoms with E-state index in [2.05, 4.69) is 16.8 Å². The topological polar surface area (TPSA) is 92.2 Å². The number of aromatic nitrogens is 1. The molecule has 3 heterocycles. The summed E-state index contributed by atoms with van der Waals surface area (Å²) in [6.45, 7) is 8.97. The summed E-state index contributed by atoms with van der Waals surface area (Å²) in [6.07, 6.45) is 5.99. The van der Waals surface area contributed by atoms with Crippen LogP contribution in [0.2, 0.25) is 0 Å². The van der Waals surface area contributed by atoms with Gasteiger partial charge in [0.1, 0.15) is 11.5 Å². The van der Waals surface area contributed by atoms with Crippen molar-refractivity contribution < 1.29 is 24.2 Å². The van der Waals surface area contributed by atoms with Crippen LogP contribution in [0.3, 0.4) is 0 Å². The van der Waals surface area contributed by atoms with Crippen molar-refractivity contribution in [2.75, 3.05) is 46.0 Å². The number of ether oxygens (including phenoxy) is 2. The molecule has 2 aliphatic heterocycles. The first-order valence-corrected chi connectivity index (χ1v) is 12.7. The maximum atomic E-state index is 13.3. The predicted octanol–water partition coefficient (Wildman–Crippen LogP) is 3.71. The Hall–Kier alpha value is -3.23. The van der Waals surface area contributed by atoms with Crippen molar-refractivity contribution in [2.45, 2.75) is 39.2 Å². The van der Waals surface area contributed by atoms with Crippen LogP contribution in [0.15, 0.2) is 48.3 Å². The summed E-state index contributed by atoms with van der Waals surface area (Å²) in [7, 11) is 0. The van der Waals surface area contributed by atoms with E-state index in [1.54, 1.807) is 41.6 Å². The minimum atomic E-state index is -0.669. The molecular formula is C28H35N3O5. The lowest BCUT2D eigenvalue weighted by atomic mass is 9.94. The van der Waals surface area contributed by atoms with Gasteiger partial charge in [-0.1, -0.05) is 13.3 Å². The normalized spacial score (nSPS) is 20.2. The molecule has 1 atom stereocenters. The van der Waals surface area contributed by atoms with Gasteiger partial charge in [0, 0.05) is 44.1 Å². The number of nitrogens with zero attached hydrogens (tertiary/aromatic N) is 3. The average Bonchev–Trinajstić information content (AvgIpc) is 3.15. The molecule has 1 aromatic carbocycles. The van der Waals surface area contributed by atoms with E-state index < -0.39 is 17.7 Å². The number of likely N-dealkylation sites (tertiary alicyclic amines) is 1. The highest BCUT2D eigenvalue weighted by Gasteiger charge is 2.46. The van der Waals surface area contributed by atoms with E-state index in [-0.39, 0.29) is 11.3 Å². The molecule has 0 spiro atoms. The Labute approximate surface area is 212 Å². The molecule has 4 rings (SSSR count). The molecule has 8 nitrogen and oxygen atoms in total. The van der Waals surface area contributed by atoms with Gasteiger partial charge in [-0.2, -0.15) is 0 Å². The number of carbonyl (C=O) groups is 2. The minimum absolute atomic E-state index is 0.111. The third kappa shape index (κ3) is 5.77. The van der Waals surface area contributed by atoms with Crippen molar-refractivity contribution in [3.05, 3.63) is 65.0 Å². The molecule has 8 heteroatoms. The predicted molar refractivity (Wildman–Crippen MR) is 137 cm³/mol. The van der Waals surface area contributed by atoms with Crippen molar-refractivity contribution >= 4 is 17.4 Å². The smallest absolute Gasteiger partial charge is 0.295 e. The number of rotatable bonds is 10. The summed E-state index contributed by atoms with van der Waals surface area (Å²) in [4.78, 5) is 34.4. The second-order valence-electron chi connectivity index (χ2n) is 9.26. The van der Waals surface area contributed by atoms with Gasteiger partial charge in [-0.15, -0.1) is 0 Å². The maximum Gasteiger partial charge on any atom is 0.295 e. The van der Waals surface area contributed by atoms with Gasteiger partial charge >= 0.3 is 0 Å². The highest BCUT2D eigenvalue weighted by molar-refractivity contribution is 6.46. The molecule has 192 valence electrons. The Morgan fingerprint density at radius 3 is 2.56 bits per heavy atom. The van der Waals surface area contributed by atoms with E-state index in [4.69, 9.17) is 9.47 Å². The van der Waals surface area contributed by atoms with E-state index in [0.29, 0.717) is 37.7 Å². The summed E-state index contributed by atoms with van der Waals surface area (Å²) in [5.41, 5.74) is 2.14. The van der Waals surface area contributed by atoms with Crippen LogP contribution < -0.4 is 4.74 Å². The van der Waals surface area contributed by atoms with Crippen molar-refractivity contribution in [1.29, 1.82) is 0 Å². The van der Waals surface area contributed by atoms with Gasteiger partial charge in [-0.05, 0) is 61.2 Å². The third-order valence-corrected chi connectivity index (χ3v) is 6.76. The molecule has 2 saturated heterocycles. The zero-order valence-electron chi connectivity index (χ0n) is 21.1. The third-order valence-electron chi connectivity index (χ3n) is 6.76. The lowest BCUT2D eigenvalue weighted by Gasteiger charge is -2.29. The standard InChI is InChI=1S/C28H35N3O5/c1-3-4-16-36-22-6-7-23(20(2)19-22)26(32)24-25(21-8-10-29-11-9-21)31(28(34)27(24)33)13-5-12-30-14-17-35-18-15-30/h6-11,19,25,32H,3-5,12-18H2,1-2H3/t25-/m0/s1. The van der Waals surface area contributed by atoms with Crippen LogP contribution in [0.4, 0.5) is 0 Å². The Kier molecular flexibility index (Phi) is 8.72. The van der Waals surface area contributed by atoms with Crippen LogP contribution in [0.5, 0.6) is 5.75 Å². The van der Waals surface area contributed by atoms with Crippen LogP contribution in [-0.4, -0.2) is 77.6 Å². The number of unbranched alkanes of at least 4 members (excludes halogenated alkanes) is 1. The molecule has 2 aliphatic rings. The molecule has 1 aromatic heterocycles. The molecule has 0 saturated carbocycles. The molecule has 0 radical (unpaired) electrons. The van der Waals surface area contributed by atoms with Crippen molar-refractivity contribution in [1.82, 2.24) is 14.8 Å². The van der Waals surface area contributed by atoms with E-state index in [1.165, 1.54) is 0 Å². The van der Waals surface area contributed by atoms with Crippen LogP contribution in [0.1, 0.15) is 48.9 Å². The number of aliphatic hydroxyl groups excluding tert-OH is 1. The number of hydrogen-bond donors (Lipinski definition) is 1. The first-order valence-electron chi connectivity index (χ1n) is 12.7. The van der Waals surface area contributed by atoms with Gasteiger partial charge in [-0.25, -0.2) is 0 Å². The molecule has 0 unspecified atom stereocenters. The van der Waals surface area contributed by atoms with Gasteiger partial charge < -0.3 is 19.5 Å². The second-order valence-corrected chi connectivity index (χ2v) is 9.26.